The van der Waals surface area contributed by atoms with Crippen LogP contribution in [0.25, 0.3) is 0 Å². The summed E-state index contributed by atoms with van der Waals surface area (Å²) in [6.45, 7) is 4.62. The summed E-state index contributed by atoms with van der Waals surface area (Å²) < 4.78 is 0. The van der Waals surface area contributed by atoms with Crippen LogP contribution in [0.5, 0.6) is 5.75 Å². The first-order valence-electron chi connectivity index (χ1n) is 9.83. The SMILES string of the molecule is CCN(CCCc1ccc(O)cc1)C1CCC(c2ccccc2)CC1. The van der Waals surface area contributed by atoms with E-state index in [1.165, 1.54) is 49.8 Å². The molecule has 0 heterocycles. The third-order valence-corrected chi connectivity index (χ3v) is 5.74. The lowest BCUT2D eigenvalue weighted by atomic mass is 9.81. The minimum atomic E-state index is 0.356. The summed E-state index contributed by atoms with van der Waals surface area (Å²) >= 11 is 0. The molecule has 1 saturated carbocycles. The van der Waals surface area contributed by atoms with Crippen LogP contribution in [0.4, 0.5) is 0 Å². The highest BCUT2D eigenvalue weighted by atomic mass is 16.3. The van der Waals surface area contributed by atoms with Crippen LogP contribution >= 0.6 is 0 Å². The smallest absolute Gasteiger partial charge is 0.115 e. The van der Waals surface area contributed by atoms with Crippen molar-refractivity contribution in [2.75, 3.05) is 13.1 Å². The molecule has 0 saturated heterocycles. The summed E-state index contributed by atoms with van der Waals surface area (Å²) in [5.41, 5.74) is 2.85. The minimum absolute atomic E-state index is 0.356. The van der Waals surface area contributed by atoms with Gasteiger partial charge in [0.25, 0.3) is 0 Å². The first-order chi connectivity index (χ1) is 12.3. The Hall–Kier alpha value is -1.80. The van der Waals surface area contributed by atoms with Gasteiger partial charge in [-0.1, -0.05) is 49.4 Å². The molecule has 1 aliphatic carbocycles. The summed E-state index contributed by atoms with van der Waals surface area (Å²) in [6, 6.07) is 19.4. The number of phenolic OH excluding ortho intramolecular Hbond substituents is 1. The second kappa shape index (κ2) is 9.05. The molecule has 1 fully saturated rings. The maximum Gasteiger partial charge on any atom is 0.115 e. The topological polar surface area (TPSA) is 23.5 Å². The standard InChI is InChI=1S/C23H31NO/c1-2-24(18-6-7-19-10-16-23(25)17-11-19)22-14-12-21(13-15-22)20-8-4-3-5-9-20/h3-5,8-11,16-17,21-22,25H,2,6-7,12-15,18H2,1H3. The van der Waals surface area contributed by atoms with E-state index in [0.717, 1.165) is 24.9 Å². The Morgan fingerprint density at radius 3 is 2.24 bits per heavy atom. The van der Waals surface area contributed by atoms with E-state index < -0.39 is 0 Å². The molecule has 2 heteroatoms. The third kappa shape index (κ3) is 5.09. The van der Waals surface area contributed by atoms with Gasteiger partial charge in [-0.25, -0.2) is 0 Å². The van der Waals surface area contributed by atoms with Gasteiger partial charge in [-0.15, -0.1) is 0 Å². The van der Waals surface area contributed by atoms with E-state index in [-0.39, 0.29) is 0 Å². The number of rotatable bonds is 7. The van der Waals surface area contributed by atoms with Crippen LogP contribution in [0.1, 0.15) is 56.1 Å². The van der Waals surface area contributed by atoms with Crippen molar-refractivity contribution in [1.82, 2.24) is 4.90 Å². The van der Waals surface area contributed by atoms with Gasteiger partial charge in [0.2, 0.25) is 0 Å². The molecule has 0 aromatic heterocycles. The number of aromatic hydroxyl groups is 1. The number of aryl methyl sites for hydroxylation is 1. The van der Waals surface area contributed by atoms with Gasteiger partial charge in [-0.05, 0) is 80.8 Å². The van der Waals surface area contributed by atoms with E-state index in [0.29, 0.717) is 5.75 Å². The van der Waals surface area contributed by atoms with Crippen molar-refractivity contribution in [2.45, 2.75) is 57.4 Å². The Kier molecular flexibility index (Phi) is 6.52. The lowest BCUT2D eigenvalue weighted by molar-refractivity contribution is 0.154. The van der Waals surface area contributed by atoms with E-state index in [1.807, 2.05) is 12.1 Å². The fourth-order valence-electron chi connectivity index (χ4n) is 4.25. The number of nitrogens with zero attached hydrogens (tertiary/aromatic N) is 1. The predicted molar refractivity (Wildman–Crippen MR) is 105 cm³/mol. The fraction of sp³-hybridized carbons (Fsp3) is 0.478. The molecule has 25 heavy (non-hydrogen) atoms. The molecule has 0 bridgehead atoms. The molecule has 2 aromatic carbocycles. The lowest BCUT2D eigenvalue weighted by Crippen LogP contribution is -2.38. The number of hydrogen-bond donors (Lipinski definition) is 1. The van der Waals surface area contributed by atoms with Gasteiger partial charge in [0.1, 0.15) is 5.75 Å². The van der Waals surface area contributed by atoms with Crippen molar-refractivity contribution in [3.8, 4) is 5.75 Å². The summed E-state index contributed by atoms with van der Waals surface area (Å²) in [4.78, 5) is 2.68. The average Bonchev–Trinajstić information content (AvgIpc) is 2.68. The zero-order chi connectivity index (χ0) is 17.5. The lowest BCUT2D eigenvalue weighted by Gasteiger charge is -2.36. The molecular weight excluding hydrogens is 306 g/mol. The first-order valence-corrected chi connectivity index (χ1v) is 9.83. The average molecular weight is 338 g/mol. The summed E-state index contributed by atoms with van der Waals surface area (Å²) in [6.07, 6.45) is 7.58. The molecule has 2 aromatic rings. The summed E-state index contributed by atoms with van der Waals surface area (Å²) in [7, 11) is 0. The van der Waals surface area contributed by atoms with Gasteiger partial charge in [0.15, 0.2) is 0 Å². The molecule has 0 aliphatic heterocycles. The van der Waals surface area contributed by atoms with Crippen molar-refractivity contribution in [3.05, 3.63) is 65.7 Å². The van der Waals surface area contributed by atoms with E-state index in [1.54, 1.807) is 12.1 Å². The Labute approximate surface area is 152 Å². The summed E-state index contributed by atoms with van der Waals surface area (Å²) in [5, 5.41) is 9.37. The molecule has 0 unspecified atom stereocenters. The Morgan fingerprint density at radius 2 is 1.60 bits per heavy atom. The normalized spacial score (nSPS) is 20.7. The monoisotopic (exact) mass is 337 g/mol. The fourth-order valence-corrected chi connectivity index (χ4v) is 4.25. The molecule has 134 valence electrons. The van der Waals surface area contributed by atoms with E-state index >= 15 is 0 Å². The van der Waals surface area contributed by atoms with Crippen LogP contribution < -0.4 is 0 Å². The molecule has 0 amide bonds. The quantitative estimate of drug-likeness (QED) is 0.734. The van der Waals surface area contributed by atoms with Crippen molar-refractivity contribution in [2.24, 2.45) is 0 Å². The van der Waals surface area contributed by atoms with Gasteiger partial charge in [-0.3, -0.25) is 0 Å². The largest absolute Gasteiger partial charge is 0.508 e. The molecule has 1 aliphatic rings. The zero-order valence-corrected chi connectivity index (χ0v) is 15.4. The maximum atomic E-state index is 9.37. The number of phenols is 1. The molecule has 0 spiro atoms. The van der Waals surface area contributed by atoms with Gasteiger partial charge < -0.3 is 10.0 Å². The maximum absolute atomic E-state index is 9.37. The molecule has 1 N–H and O–H groups in total. The van der Waals surface area contributed by atoms with Gasteiger partial charge >= 0.3 is 0 Å². The first kappa shape index (κ1) is 18.0. The Balaban J connectivity index is 1.45. The van der Waals surface area contributed by atoms with Crippen LogP contribution in [-0.2, 0) is 6.42 Å². The highest BCUT2D eigenvalue weighted by Crippen LogP contribution is 2.34. The second-order valence-corrected chi connectivity index (χ2v) is 7.31. The van der Waals surface area contributed by atoms with Crippen molar-refractivity contribution in [1.29, 1.82) is 0 Å². The predicted octanol–water partition coefficient (Wildman–Crippen LogP) is 5.37. The van der Waals surface area contributed by atoms with Crippen LogP contribution in [-0.4, -0.2) is 29.1 Å². The van der Waals surface area contributed by atoms with E-state index in [9.17, 15) is 5.11 Å². The second-order valence-electron chi connectivity index (χ2n) is 7.31. The molecular formula is C23H31NO. The number of hydrogen-bond acceptors (Lipinski definition) is 2. The van der Waals surface area contributed by atoms with E-state index in [4.69, 9.17) is 0 Å². The third-order valence-electron chi connectivity index (χ3n) is 5.74. The molecule has 3 rings (SSSR count). The van der Waals surface area contributed by atoms with Crippen LogP contribution in [0.3, 0.4) is 0 Å². The minimum Gasteiger partial charge on any atom is -0.508 e. The molecule has 0 radical (unpaired) electrons. The summed E-state index contributed by atoms with van der Waals surface area (Å²) in [5.74, 6) is 1.11. The van der Waals surface area contributed by atoms with Crippen LogP contribution in [0, 0.1) is 0 Å². The van der Waals surface area contributed by atoms with Crippen molar-refractivity contribution < 1.29 is 5.11 Å². The highest BCUT2D eigenvalue weighted by molar-refractivity contribution is 5.26. The van der Waals surface area contributed by atoms with Gasteiger partial charge in [-0.2, -0.15) is 0 Å². The van der Waals surface area contributed by atoms with Crippen molar-refractivity contribution >= 4 is 0 Å². The Morgan fingerprint density at radius 1 is 0.920 bits per heavy atom. The molecule has 2 nitrogen and oxygen atoms in total. The highest BCUT2D eigenvalue weighted by Gasteiger charge is 2.25. The van der Waals surface area contributed by atoms with E-state index in [2.05, 4.69) is 42.2 Å². The Bertz CT molecular complexity index is 614. The van der Waals surface area contributed by atoms with Gasteiger partial charge in [0, 0.05) is 6.04 Å². The van der Waals surface area contributed by atoms with Gasteiger partial charge in [0.05, 0.1) is 0 Å². The number of benzene rings is 2. The van der Waals surface area contributed by atoms with Crippen LogP contribution in [0.2, 0.25) is 0 Å². The van der Waals surface area contributed by atoms with Crippen LogP contribution in [0.15, 0.2) is 54.6 Å². The van der Waals surface area contributed by atoms with Crippen molar-refractivity contribution in [3.63, 3.8) is 0 Å². The molecule has 0 atom stereocenters. The zero-order valence-electron chi connectivity index (χ0n) is 15.4.